The quantitative estimate of drug-likeness (QED) is 0.835. The van der Waals surface area contributed by atoms with Gasteiger partial charge in [0.25, 0.3) is 5.56 Å². The minimum atomic E-state index is -0.526. The highest BCUT2D eigenvalue weighted by Gasteiger charge is 2.23. The van der Waals surface area contributed by atoms with Gasteiger partial charge in [-0.1, -0.05) is 24.4 Å². The molecule has 2 aromatic rings. The minimum Gasteiger partial charge on any atom is -0.306 e. The van der Waals surface area contributed by atoms with Crippen molar-refractivity contribution in [3.8, 4) is 11.4 Å². The Kier molecular flexibility index (Phi) is 4.13. The van der Waals surface area contributed by atoms with E-state index in [2.05, 4.69) is 25.9 Å². The molecule has 1 aliphatic carbocycles. The number of nitrogens with one attached hydrogen (secondary N) is 1. The number of hydrogen-bond acceptors (Lipinski definition) is 2. The third-order valence-corrected chi connectivity index (χ3v) is 4.90. The van der Waals surface area contributed by atoms with Crippen molar-refractivity contribution in [3.05, 3.63) is 49.6 Å². The van der Waals surface area contributed by atoms with E-state index in [1.54, 1.807) is 6.07 Å². The molecule has 110 valence electrons. The topological polar surface area (TPSA) is 45.8 Å². The van der Waals surface area contributed by atoms with Gasteiger partial charge in [-0.05, 0) is 47.0 Å². The molecule has 1 heterocycles. The smallest absolute Gasteiger partial charge is 0.265 e. The van der Waals surface area contributed by atoms with Gasteiger partial charge in [0, 0.05) is 11.5 Å². The second-order valence-electron chi connectivity index (χ2n) is 5.22. The molecule has 3 nitrogen and oxygen atoms in total. The molecule has 1 saturated carbocycles. The number of hydrogen-bond donors (Lipinski definition) is 1. The summed E-state index contributed by atoms with van der Waals surface area (Å²) in [6.07, 6.45) is 4.36. The van der Waals surface area contributed by atoms with Gasteiger partial charge in [0.15, 0.2) is 0 Å². The van der Waals surface area contributed by atoms with E-state index >= 15 is 0 Å². The van der Waals surface area contributed by atoms with Crippen molar-refractivity contribution in [3.63, 3.8) is 0 Å². The highest BCUT2D eigenvalue weighted by Crippen LogP contribution is 2.36. The molecule has 1 N–H and O–H groups in total. The van der Waals surface area contributed by atoms with Gasteiger partial charge in [0.1, 0.15) is 16.1 Å². The fourth-order valence-corrected chi connectivity index (χ4v) is 3.36. The Labute approximate surface area is 134 Å². The van der Waals surface area contributed by atoms with Crippen molar-refractivity contribution in [2.45, 2.75) is 31.6 Å². The zero-order valence-corrected chi connectivity index (χ0v) is 13.5. The first kappa shape index (κ1) is 14.7. The van der Waals surface area contributed by atoms with Crippen LogP contribution in [-0.2, 0) is 0 Å². The summed E-state index contributed by atoms with van der Waals surface area (Å²) < 4.78 is 14.1. The lowest BCUT2D eigenvalue weighted by atomic mass is 10.0. The molecule has 1 aromatic carbocycles. The summed E-state index contributed by atoms with van der Waals surface area (Å²) >= 11 is 9.01. The van der Waals surface area contributed by atoms with Crippen molar-refractivity contribution >= 4 is 27.5 Å². The van der Waals surface area contributed by atoms with Crippen molar-refractivity contribution in [2.75, 3.05) is 0 Å². The molecule has 1 aromatic heterocycles. The normalized spacial score (nSPS) is 15.6. The van der Waals surface area contributed by atoms with E-state index in [0.29, 0.717) is 15.9 Å². The van der Waals surface area contributed by atoms with Crippen LogP contribution in [0.1, 0.15) is 37.3 Å². The standard InChI is InChI=1S/C15H13BrClFN2O/c16-12-13(8-3-1-2-4-8)19-14(20-15(12)21)9-5-6-10(17)11(18)7-9/h5-8H,1-4H2,(H,19,20,21). The molecule has 0 aliphatic heterocycles. The van der Waals surface area contributed by atoms with E-state index < -0.39 is 5.82 Å². The summed E-state index contributed by atoms with van der Waals surface area (Å²) in [4.78, 5) is 19.3. The van der Waals surface area contributed by atoms with Crippen molar-refractivity contribution < 1.29 is 4.39 Å². The summed E-state index contributed by atoms with van der Waals surface area (Å²) in [5, 5.41) is 0.0502. The molecular weight excluding hydrogens is 359 g/mol. The SMILES string of the molecule is O=c1[nH]c(-c2ccc(Cl)c(F)c2)nc(C2CCCC2)c1Br. The lowest BCUT2D eigenvalue weighted by molar-refractivity contribution is 0.628. The van der Waals surface area contributed by atoms with Gasteiger partial charge in [-0.3, -0.25) is 4.79 Å². The summed E-state index contributed by atoms with van der Waals surface area (Å²) in [6.45, 7) is 0. The van der Waals surface area contributed by atoms with E-state index in [0.717, 1.165) is 31.4 Å². The number of aromatic amines is 1. The van der Waals surface area contributed by atoms with E-state index in [1.807, 2.05) is 0 Å². The fraction of sp³-hybridized carbons (Fsp3) is 0.333. The van der Waals surface area contributed by atoms with Crippen LogP contribution in [0.4, 0.5) is 4.39 Å². The molecule has 0 saturated heterocycles. The first-order chi connectivity index (χ1) is 10.1. The maximum absolute atomic E-state index is 13.6. The Hall–Kier alpha value is -1.20. The lowest BCUT2D eigenvalue weighted by Crippen LogP contribution is -2.15. The number of nitrogens with zero attached hydrogens (tertiary/aromatic N) is 1. The third-order valence-electron chi connectivity index (χ3n) is 3.82. The van der Waals surface area contributed by atoms with Crippen LogP contribution < -0.4 is 5.56 Å². The predicted octanol–water partition coefficient (Wildman–Crippen LogP) is 4.65. The van der Waals surface area contributed by atoms with E-state index in [1.165, 1.54) is 12.1 Å². The van der Waals surface area contributed by atoms with Crippen LogP contribution in [0.3, 0.4) is 0 Å². The van der Waals surface area contributed by atoms with Gasteiger partial charge in [-0.15, -0.1) is 0 Å². The number of aromatic nitrogens is 2. The first-order valence-corrected chi connectivity index (χ1v) is 7.98. The molecule has 0 spiro atoms. The highest BCUT2D eigenvalue weighted by molar-refractivity contribution is 9.10. The number of halogens is 3. The molecule has 0 bridgehead atoms. The van der Waals surface area contributed by atoms with Gasteiger partial charge < -0.3 is 4.98 Å². The zero-order chi connectivity index (χ0) is 15.0. The zero-order valence-electron chi connectivity index (χ0n) is 11.1. The van der Waals surface area contributed by atoms with Crippen molar-refractivity contribution in [2.24, 2.45) is 0 Å². The minimum absolute atomic E-state index is 0.0502. The average molecular weight is 372 g/mol. The van der Waals surface area contributed by atoms with E-state index in [4.69, 9.17) is 11.6 Å². The molecule has 3 rings (SSSR count). The second-order valence-corrected chi connectivity index (χ2v) is 6.42. The van der Waals surface area contributed by atoms with Gasteiger partial charge >= 0.3 is 0 Å². The van der Waals surface area contributed by atoms with Gasteiger partial charge in [0.05, 0.1) is 10.7 Å². The first-order valence-electron chi connectivity index (χ1n) is 6.81. The van der Waals surface area contributed by atoms with Crippen LogP contribution in [0.2, 0.25) is 5.02 Å². The molecular formula is C15H13BrClFN2O. The maximum Gasteiger partial charge on any atom is 0.265 e. The molecule has 6 heteroatoms. The fourth-order valence-electron chi connectivity index (χ4n) is 2.73. The Balaban J connectivity index is 2.10. The van der Waals surface area contributed by atoms with Crippen LogP contribution in [0.5, 0.6) is 0 Å². The summed E-state index contributed by atoms with van der Waals surface area (Å²) in [5.74, 6) is 0.139. The predicted molar refractivity (Wildman–Crippen MR) is 84.2 cm³/mol. The number of rotatable bonds is 2. The van der Waals surface area contributed by atoms with Gasteiger partial charge in [-0.2, -0.15) is 0 Å². The van der Waals surface area contributed by atoms with Crippen molar-refractivity contribution in [1.82, 2.24) is 9.97 Å². The Morgan fingerprint density at radius 1 is 1.33 bits per heavy atom. The maximum atomic E-state index is 13.6. The van der Waals surface area contributed by atoms with Crippen LogP contribution in [-0.4, -0.2) is 9.97 Å². The molecule has 1 fully saturated rings. The Morgan fingerprint density at radius 3 is 2.71 bits per heavy atom. The van der Waals surface area contributed by atoms with Crippen LogP contribution in [0.15, 0.2) is 27.5 Å². The van der Waals surface area contributed by atoms with Crippen molar-refractivity contribution in [1.29, 1.82) is 0 Å². The molecule has 0 radical (unpaired) electrons. The highest BCUT2D eigenvalue weighted by atomic mass is 79.9. The molecule has 0 unspecified atom stereocenters. The molecule has 1 aliphatic rings. The van der Waals surface area contributed by atoms with E-state index in [-0.39, 0.29) is 16.5 Å². The Morgan fingerprint density at radius 2 is 2.05 bits per heavy atom. The molecule has 21 heavy (non-hydrogen) atoms. The van der Waals surface area contributed by atoms with Gasteiger partial charge in [-0.25, -0.2) is 9.37 Å². The van der Waals surface area contributed by atoms with E-state index in [9.17, 15) is 9.18 Å². The summed E-state index contributed by atoms with van der Waals surface area (Å²) in [6, 6.07) is 4.40. The Bertz CT molecular complexity index is 741. The lowest BCUT2D eigenvalue weighted by Gasteiger charge is -2.12. The average Bonchev–Trinajstić information content (AvgIpc) is 2.98. The summed E-state index contributed by atoms with van der Waals surface area (Å²) in [7, 11) is 0. The van der Waals surface area contributed by atoms with Crippen LogP contribution >= 0.6 is 27.5 Å². The monoisotopic (exact) mass is 370 g/mol. The second kappa shape index (κ2) is 5.89. The molecule has 0 amide bonds. The molecule has 0 atom stereocenters. The van der Waals surface area contributed by atoms with Gasteiger partial charge in [0.2, 0.25) is 0 Å². The summed E-state index contributed by atoms with van der Waals surface area (Å²) in [5.41, 5.74) is 1.04. The number of benzene rings is 1. The largest absolute Gasteiger partial charge is 0.306 e. The number of H-pyrrole nitrogens is 1. The van der Waals surface area contributed by atoms with Crippen LogP contribution in [0, 0.1) is 5.82 Å². The third kappa shape index (κ3) is 2.90. The van der Waals surface area contributed by atoms with Crippen LogP contribution in [0.25, 0.3) is 11.4 Å².